The van der Waals surface area contributed by atoms with Crippen molar-refractivity contribution < 1.29 is 0 Å². The highest BCUT2D eigenvalue weighted by Crippen LogP contribution is 2.22. The fraction of sp³-hybridized carbons (Fsp3) is 0.500. The Bertz CT molecular complexity index is 304. The first kappa shape index (κ1) is 11.8. The molecule has 14 heavy (non-hydrogen) atoms. The molecule has 0 aliphatic carbocycles. The van der Waals surface area contributed by atoms with E-state index in [4.69, 9.17) is 11.6 Å². The topological polar surface area (TPSA) is 24.9 Å². The molecule has 0 aromatic carbocycles. The number of halogens is 2. The SMILES string of the molecule is CCC(C)CNc1ncc(Br)cc1Cl. The average molecular weight is 278 g/mol. The van der Waals surface area contributed by atoms with Crippen molar-refractivity contribution in [3.8, 4) is 0 Å². The van der Waals surface area contributed by atoms with Crippen LogP contribution in [-0.4, -0.2) is 11.5 Å². The third kappa shape index (κ3) is 3.46. The fourth-order valence-corrected chi connectivity index (χ4v) is 1.66. The number of nitrogens with one attached hydrogen (secondary N) is 1. The maximum Gasteiger partial charge on any atom is 0.144 e. The molecule has 0 bridgehead atoms. The van der Waals surface area contributed by atoms with Crippen molar-refractivity contribution in [2.75, 3.05) is 11.9 Å². The number of hydrogen-bond acceptors (Lipinski definition) is 2. The van der Waals surface area contributed by atoms with Crippen LogP contribution in [0.4, 0.5) is 5.82 Å². The summed E-state index contributed by atoms with van der Waals surface area (Å²) in [6.45, 7) is 5.27. The normalized spacial score (nSPS) is 12.6. The summed E-state index contributed by atoms with van der Waals surface area (Å²) in [5.74, 6) is 1.40. The number of anilines is 1. The summed E-state index contributed by atoms with van der Waals surface area (Å²) in [6, 6.07) is 1.84. The Morgan fingerprint density at radius 1 is 1.64 bits per heavy atom. The predicted octanol–water partition coefficient (Wildman–Crippen LogP) is 3.96. The summed E-state index contributed by atoms with van der Waals surface area (Å²) in [5.41, 5.74) is 0. The predicted molar refractivity (Wildman–Crippen MR) is 64.9 cm³/mol. The van der Waals surface area contributed by atoms with Gasteiger partial charge in [-0.3, -0.25) is 0 Å². The number of rotatable bonds is 4. The van der Waals surface area contributed by atoms with E-state index in [-0.39, 0.29) is 0 Å². The molecule has 0 fully saturated rings. The van der Waals surface area contributed by atoms with Gasteiger partial charge in [0.1, 0.15) is 5.82 Å². The molecule has 0 aliphatic rings. The summed E-state index contributed by atoms with van der Waals surface area (Å²) >= 11 is 9.32. The maximum absolute atomic E-state index is 6.00. The molecule has 0 aliphatic heterocycles. The Morgan fingerprint density at radius 2 is 2.36 bits per heavy atom. The van der Waals surface area contributed by atoms with Crippen LogP contribution in [0.25, 0.3) is 0 Å². The molecule has 78 valence electrons. The van der Waals surface area contributed by atoms with E-state index in [1.54, 1.807) is 6.20 Å². The second-order valence-corrected chi connectivity index (χ2v) is 4.70. The first-order valence-electron chi connectivity index (χ1n) is 4.68. The Labute approximate surface area is 98.2 Å². The monoisotopic (exact) mass is 276 g/mol. The Morgan fingerprint density at radius 3 is 2.93 bits per heavy atom. The third-order valence-corrected chi connectivity index (χ3v) is 2.84. The van der Waals surface area contributed by atoms with E-state index in [1.807, 2.05) is 6.07 Å². The molecule has 1 unspecified atom stereocenters. The van der Waals surface area contributed by atoms with Crippen LogP contribution < -0.4 is 5.32 Å². The second kappa shape index (κ2) is 5.56. The molecule has 0 spiro atoms. The van der Waals surface area contributed by atoms with Gasteiger partial charge in [0.25, 0.3) is 0 Å². The molecule has 2 nitrogen and oxygen atoms in total. The van der Waals surface area contributed by atoms with Crippen LogP contribution >= 0.6 is 27.5 Å². The summed E-state index contributed by atoms with van der Waals surface area (Å²) in [4.78, 5) is 4.19. The molecule has 0 radical (unpaired) electrons. The van der Waals surface area contributed by atoms with Gasteiger partial charge in [0.2, 0.25) is 0 Å². The van der Waals surface area contributed by atoms with Gasteiger partial charge in [-0.15, -0.1) is 0 Å². The fourth-order valence-electron chi connectivity index (χ4n) is 0.960. The lowest BCUT2D eigenvalue weighted by atomic mass is 10.1. The Balaban J connectivity index is 2.59. The van der Waals surface area contributed by atoms with Crippen LogP contribution in [0.2, 0.25) is 5.02 Å². The van der Waals surface area contributed by atoms with E-state index in [9.17, 15) is 0 Å². The zero-order chi connectivity index (χ0) is 10.6. The van der Waals surface area contributed by atoms with Crippen molar-refractivity contribution in [1.82, 2.24) is 4.98 Å². The lowest BCUT2D eigenvalue weighted by Crippen LogP contribution is -2.11. The molecule has 1 atom stereocenters. The second-order valence-electron chi connectivity index (χ2n) is 3.38. The lowest BCUT2D eigenvalue weighted by Gasteiger charge is -2.11. The zero-order valence-electron chi connectivity index (χ0n) is 8.35. The Kier molecular flexibility index (Phi) is 4.69. The summed E-state index contributed by atoms with van der Waals surface area (Å²) in [7, 11) is 0. The van der Waals surface area contributed by atoms with Crippen LogP contribution in [-0.2, 0) is 0 Å². The van der Waals surface area contributed by atoms with E-state index in [0.717, 1.165) is 23.3 Å². The largest absolute Gasteiger partial charge is 0.369 e. The van der Waals surface area contributed by atoms with E-state index < -0.39 is 0 Å². The van der Waals surface area contributed by atoms with Gasteiger partial charge in [-0.1, -0.05) is 31.9 Å². The molecule has 1 aromatic heterocycles. The first-order chi connectivity index (χ1) is 6.63. The van der Waals surface area contributed by atoms with Gasteiger partial charge >= 0.3 is 0 Å². The van der Waals surface area contributed by atoms with Gasteiger partial charge in [0, 0.05) is 17.2 Å². The number of nitrogens with zero attached hydrogens (tertiary/aromatic N) is 1. The summed E-state index contributed by atoms with van der Waals surface area (Å²) in [6.07, 6.45) is 2.89. The Hall–Kier alpha value is -0.280. The smallest absolute Gasteiger partial charge is 0.144 e. The average Bonchev–Trinajstić information content (AvgIpc) is 2.16. The van der Waals surface area contributed by atoms with Crippen LogP contribution in [0.3, 0.4) is 0 Å². The van der Waals surface area contributed by atoms with Gasteiger partial charge in [0.15, 0.2) is 0 Å². The van der Waals surface area contributed by atoms with E-state index in [0.29, 0.717) is 10.9 Å². The molecule has 0 saturated heterocycles. The van der Waals surface area contributed by atoms with Crippen LogP contribution in [0.1, 0.15) is 20.3 Å². The maximum atomic E-state index is 6.00. The molecular weight excluding hydrogens is 263 g/mol. The van der Waals surface area contributed by atoms with Crippen molar-refractivity contribution in [2.24, 2.45) is 5.92 Å². The number of hydrogen-bond donors (Lipinski definition) is 1. The zero-order valence-corrected chi connectivity index (χ0v) is 10.7. The van der Waals surface area contributed by atoms with Crippen LogP contribution in [0.15, 0.2) is 16.7 Å². The van der Waals surface area contributed by atoms with Crippen molar-refractivity contribution in [2.45, 2.75) is 20.3 Å². The van der Waals surface area contributed by atoms with Gasteiger partial charge in [-0.2, -0.15) is 0 Å². The van der Waals surface area contributed by atoms with Crippen LogP contribution in [0, 0.1) is 5.92 Å². The van der Waals surface area contributed by atoms with Crippen molar-refractivity contribution in [3.63, 3.8) is 0 Å². The molecule has 0 amide bonds. The molecule has 4 heteroatoms. The minimum absolute atomic E-state index is 0.636. The molecule has 0 saturated carbocycles. The standard InChI is InChI=1S/C10H14BrClN2/c1-3-7(2)5-13-10-9(12)4-8(11)6-14-10/h4,6-7H,3,5H2,1-2H3,(H,13,14). The van der Waals surface area contributed by atoms with Gasteiger partial charge in [0.05, 0.1) is 5.02 Å². The minimum atomic E-state index is 0.636. The van der Waals surface area contributed by atoms with E-state index in [1.165, 1.54) is 0 Å². The first-order valence-corrected chi connectivity index (χ1v) is 5.85. The highest BCUT2D eigenvalue weighted by molar-refractivity contribution is 9.10. The van der Waals surface area contributed by atoms with Crippen molar-refractivity contribution in [1.29, 1.82) is 0 Å². The van der Waals surface area contributed by atoms with E-state index >= 15 is 0 Å². The van der Waals surface area contributed by atoms with Gasteiger partial charge < -0.3 is 5.32 Å². The van der Waals surface area contributed by atoms with Gasteiger partial charge in [-0.05, 0) is 27.9 Å². The van der Waals surface area contributed by atoms with E-state index in [2.05, 4.69) is 40.1 Å². The van der Waals surface area contributed by atoms with Crippen LogP contribution in [0.5, 0.6) is 0 Å². The minimum Gasteiger partial charge on any atom is -0.369 e. The number of aromatic nitrogens is 1. The highest BCUT2D eigenvalue weighted by Gasteiger charge is 2.03. The van der Waals surface area contributed by atoms with Gasteiger partial charge in [-0.25, -0.2) is 4.98 Å². The molecule has 1 heterocycles. The lowest BCUT2D eigenvalue weighted by molar-refractivity contribution is 0.592. The quantitative estimate of drug-likeness (QED) is 0.901. The summed E-state index contributed by atoms with van der Waals surface area (Å²) < 4.78 is 0.900. The summed E-state index contributed by atoms with van der Waals surface area (Å²) in [5, 5.41) is 3.88. The molecule has 1 aromatic rings. The van der Waals surface area contributed by atoms with Crippen molar-refractivity contribution >= 4 is 33.3 Å². The number of pyridine rings is 1. The molecule has 1 N–H and O–H groups in total. The van der Waals surface area contributed by atoms with Crippen molar-refractivity contribution in [3.05, 3.63) is 21.8 Å². The third-order valence-electron chi connectivity index (χ3n) is 2.12. The highest BCUT2D eigenvalue weighted by atomic mass is 79.9. The molecular formula is C10H14BrClN2. The molecule has 1 rings (SSSR count).